The summed E-state index contributed by atoms with van der Waals surface area (Å²) in [5.74, 6) is -1.26. The van der Waals surface area contributed by atoms with Crippen molar-refractivity contribution in [3.8, 4) is 0 Å². The molecular formula is C20H19N3O5S. The van der Waals surface area contributed by atoms with Crippen molar-refractivity contribution in [3.05, 3.63) is 59.4 Å². The lowest BCUT2D eigenvalue weighted by Gasteiger charge is -2.08. The van der Waals surface area contributed by atoms with Crippen LogP contribution >= 0.6 is 0 Å². The van der Waals surface area contributed by atoms with Crippen LogP contribution in [0.3, 0.4) is 0 Å². The summed E-state index contributed by atoms with van der Waals surface area (Å²) in [6.07, 6.45) is 1.08. The van der Waals surface area contributed by atoms with Crippen LogP contribution in [0, 0.1) is 13.8 Å². The first-order chi connectivity index (χ1) is 13.6. The van der Waals surface area contributed by atoms with E-state index in [0.29, 0.717) is 16.7 Å². The number of nitrogens with one attached hydrogen (secondary N) is 1. The van der Waals surface area contributed by atoms with Crippen LogP contribution in [0.1, 0.15) is 21.7 Å². The predicted octanol–water partition coefficient (Wildman–Crippen LogP) is 2.45. The standard InChI is InChI=1S/C20H19N3O5S/c1-12-13(2)22-18-9-14(7-8-17(18)21-12)20(25)28-11-19(24)23-15-5-4-6-16(10-15)29(3,26)27/h4-10H,11H2,1-3H3,(H,23,24). The molecule has 0 radical (unpaired) electrons. The van der Waals surface area contributed by atoms with E-state index in [1.54, 1.807) is 24.3 Å². The number of anilines is 1. The summed E-state index contributed by atoms with van der Waals surface area (Å²) in [5.41, 5.74) is 3.34. The number of benzene rings is 2. The van der Waals surface area contributed by atoms with Crippen LogP contribution in [0.5, 0.6) is 0 Å². The Kier molecular flexibility index (Phi) is 5.60. The molecule has 0 bridgehead atoms. The number of rotatable bonds is 5. The van der Waals surface area contributed by atoms with E-state index in [2.05, 4.69) is 15.3 Å². The van der Waals surface area contributed by atoms with Gasteiger partial charge in [-0.3, -0.25) is 4.79 Å². The fourth-order valence-electron chi connectivity index (χ4n) is 2.57. The number of nitrogens with zero attached hydrogens (tertiary/aromatic N) is 2. The second-order valence-corrected chi connectivity index (χ2v) is 8.54. The van der Waals surface area contributed by atoms with Gasteiger partial charge in [0, 0.05) is 11.9 Å². The van der Waals surface area contributed by atoms with E-state index in [1.165, 1.54) is 18.2 Å². The second-order valence-electron chi connectivity index (χ2n) is 6.52. The number of carbonyl (C=O) groups is 2. The molecule has 1 N–H and O–H groups in total. The quantitative estimate of drug-likeness (QED) is 0.639. The smallest absolute Gasteiger partial charge is 0.338 e. The highest BCUT2D eigenvalue weighted by Crippen LogP contribution is 2.16. The van der Waals surface area contributed by atoms with Gasteiger partial charge in [0.1, 0.15) is 0 Å². The van der Waals surface area contributed by atoms with Gasteiger partial charge in [-0.1, -0.05) is 6.07 Å². The normalized spacial score (nSPS) is 11.3. The van der Waals surface area contributed by atoms with Gasteiger partial charge < -0.3 is 10.1 Å². The number of fused-ring (bicyclic) bond motifs is 1. The molecule has 150 valence electrons. The Morgan fingerprint density at radius 1 is 1.00 bits per heavy atom. The monoisotopic (exact) mass is 413 g/mol. The second kappa shape index (κ2) is 7.96. The van der Waals surface area contributed by atoms with Gasteiger partial charge in [-0.15, -0.1) is 0 Å². The zero-order valence-corrected chi connectivity index (χ0v) is 16.9. The molecule has 0 aliphatic rings. The Labute approximate surface area is 167 Å². The highest BCUT2D eigenvalue weighted by atomic mass is 32.2. The number of sulfone groups is 1. The summed E-state index contributed by atoms with van der Waals surface area (Å²) < 4.78 is 28.2. The van der Waals surface area contributed by atoms with Crippen molar-refractivity contribution in [1.29, 1.82) is 0 Å². The zero-order chi connectivity index (χ0) is 21.2. The fourth-order valence-corrected chi connectivity index (χ4v) is 3.24. The van der Waals surface area contributed by atoms with Crippen LogP contribution in [0.15, 0.2) is 47.4 Å². The summed E-state index contributed by atoms with van der Waals surface area (Å²) >= 11 is 0. The molecular weight excluding hydrogens is 394 g/mol. The number of hydrogen-bond acceptors (Lipinski definition) is 7. The lowest BCUT2D eigenvalue weighted by molar-refractivity contribution is -0.119. The summed E-state index contributed by atoms with van der Waals surface area (Å²) in [5, 5.41) is 2.50. The average Bonchev–Trinajstić information content (AvgIpc) is 2.66. The van der Waals surface area contributed by atoms with Crippen LogP contribution in [-0.4, -0.2) is 43.1 Å². The molecule has 3 rings (SSSR count). The minimum Gasteiger partial charge on any atom is -0.452 e. The van der Waals surface area contributed by atoms with Gasteiger partial charge in [0.05, 0.1) is 32.9 Å². The molecule has 0 fully saturated rings. The van der Waals surface area contributed by atoms with E-state index in [9.17, 15) is 18.0 Å². The van der Waals surface area contributed by atoms with Crippen LogP contribution in [0.2, 0.25) is 0 Å². The highest BCUT2D eigenvalue weighted by Gasteiger charge is 2.13. The molecule has 0 spiro atoms. The maximum absolute atomic E-state index is 12.3. The molecule has 9 heteroatoms. The largest absolute Gasteiger partial charge is 0.452 e. The van der Waals surface area contributed by atoms with Crippen molar-refractivity contribution >= 4 is 38.4 Å². The van der Waals surface area contributed by atoms with Crippen molar-refractivity contribution in [2.75, 3.05) is 18.2 Å². The molecule has 1 heterocycles. The molecule has 2 aromatic carbocycles. The SMILES string of the molecule is Cc1nc2ccc(C(=O)OCC(=O)Nc3cccc(S(C)(=O)=O)c3)cc2nc1C. The van der Waals surface area contributed by atoms with E-state index in [0.717, 1.165) is 17.6 Å². The third-order valence-electron chi connectivity index (χ3n) is 4.19. The van der Waals surface area contributed by atoms with Crippen molar-refractivity contribution in [1.82, 2.24) is 9.97 Å². The topological polar surface area (TPSA) is 115 Å². The van der Waals surface area contributed by atoms with E-state index in [-0.39, 0.29) is 10.5 Å². The molecule has 0 saturated heterocycles. The van der Waals surface area contributed by atoms with Gasteiger partial charge >= 0.3 is 5.97 Å². The van der Waals surface area contributed by atoms with Gasteiger partial charge in [-0.25, -0.2) is 23.2 Å². The predicted molar refractivity (Wildman–Crippen MR) is 107 cm³/mol. The lowest BCUT2D eigenvalue weighted by Crippen LogP contribution is -2.21. The van der Waals surface area contributed by atoms with Gasteiger partial charge in [0.25, 0.3) is 5.91 Å². The maximum Gasteiger partial charge on any atom is 0.338 e. The third kappa shape index (κ3) is 4.94. The summed E-state index contributed by atoms with van der Waals surface area (Å²) in [7, 11) is -3.39. The first-order valence-electron chi connectivity index (χ1n) is 8.65. The van der Waals surface area contributed by atoms with E-state index < -0.39 is 28.3 Å². The summed E-state index contributed by atoms with van der Waals surface area (Å²) in [6, 6.07) is 10.6. The Balaban J connectivity index is 1.65. The summed E-state index contributed by atoms with van der Waals surface area (Å²) in [4.78, 5) is 33.2. The molecule has 0 atom stereocenters. The van der Waals surface area contributed by atoms with Crippen LogP contribution in [-0.2, 0) is 19.4 Å². The van der Waals surface area contributed by atoms with Crippen molar-refractivity contribution in [2.45, 2.75) is 18.7 Å². The Bertz CT molecular complexity index is 1220. The molecule has 29 heavy (non-hydrogen) atoms. The number of esters is 1. The van der Waals surface area contributed by atoms with E-state index in [4.69, 9.17) is 4.74 Å². The highest BCUT2D eigenvalue weighted by molar-refractivity contribution is 7.90. The number of carbonyl (C=O) groups excluding carboxylic acids is 2. The Morgan fingerprint density at radius 2 is 1.69 bits per heavy atom. The maximum atomic E-state index is 12.3. The average molecular weight is 413 g/mol. The van der Waals surface area contributed by atoms with Gasteiger partial charge in [0.15, 0.2) is 16.4 Å². The van der Waals surface area contributed by atoms with Gasteiger partial charge in [-0.05, 0) is 50.2 Å². The number of amides is 1. The van der Waals surface area contributed by atoms with Crippen LogP contribution in [0.25, 0.3) is 11.0 Å². The van der Waals surface area contributed by atoms with Crippen LogP contribution < -0.4 is 5.32 Å². The van der Waals surface area contributed by atoms with Crippen molar-refractivity contribution in [3.63, 3.8) is 0 Å². The van der Waals surface area contributed by atoms with Gasteiger partial charge in [0.2, 0.25) is 0 Å². The number of aromatic nitrogens is 2. The third-order valence-corrected chi connectivity index (χ3v) is 5.30. The lowest BCUT2D eigenvalue weighted by atomic mass is 10.2. The number of hydrogen-bond donors (Lipinski definition) is 1. The Hall–Kier alpha value is -3.33. The van der Waals surface area contributed by atoms with Gasteiger partial charge in [-0.2, -0.15) is 0 Å². The molecule has 0 unspecified atom stereocenters. The molecule has 0 saturated carbocycles. The minimum atomic E-state index is -3.39. The van der Waals surface area contributed by atoms with E-state index >= 15 is 0 Å². The molecule has 0 aliphatic carbocycles. The minimum absolute atomic E-state index is 0.0788. The fraction of sp³-hybridized carbons (Fsp3) is 0.200. The van der Waals surface area contributed by atoms with Crippen molar-refractivity contribution < 1.29 is 22.7 Å². The zero-order valence-electron chi connectivity index (χ0n) is 16.1. The first kappa shape index (κ1) is 20.4. The Morgan fingerprint density at radius 3 is 2.38 bits per heavy atom. The van der Waals surface area contributed by atoms with E-state index in [1.807, 2.05) is 13.8 Å². The molecule has 0 aliphatic heterocycles. The molecule has 1 aromatic heterocycles. The molecule has 8 nitrogen and oxygen atoms in total. The first-order valence-corrected chi connectivity index (χ1v) is 10.5. The molecule has 3 aromatic rings. The number of aryl methyl sites for hydroxylation is 2. The number of ether oxygens (including phenoxy) is 1. The summed E-state index contributed by atoms with van der Waals surface area (Å²) in [6.45, 7) is 3.17. The van der Waals surface area contributed by atoms with Crippen molar-refractivity contribution in [2.24, 2.45) is 0 Å². The molecule has 1 amide bonds. The van der Waals surface area contributed by atoms with Crippen LogP contribution in [0.4, 0.5) is 5.69 Å².